The molecular formula is C55H50N2O10S2+2. The smallest absolute Gasteiger partial charge is 0.351 e. The van der Waals surface area contributed by atoms with E-state index in [0.717, 1.165) is 53.6 Å². The Kier molecular flexibility index (Phi) is 13.1. The summed E-state index contributed by atoms with van der Waals surface area (Å²) in [5, 5.41) is 10.1. The average Bonchev–Trinajstić information content (AvgIpc) is 3.68. The Hall–Kier alpha value is -7.29. The van der Waals surface area contributed by atoms with Gasteiger partial charge in [0.2, 0.25) is 40.9 Å². The maximum atomic E-state index is 12.9. The van der Waals surface area contributed by atoms with Crippen molar-refractivity contribution in [3.63, 3.8) is 0 Å². The van der Waals surface area contributed by atoms with Crippen molar-refractivity contribution in [3.8, 4) is 22.5 Å². The second-order valence-corrected chi connectivity index (χ2v) is 21.9. The summed E-state index contributed by atoms with van der Waals surface area (Å²) >= 11 is 0. The number of sulfone groups is 2. The van der Waals surface area contributed by atoms with E-state index in [1.165, 1.54) is 0 Å². The number of rotatable bonds is 9. The highest BCUT2D eigenvalue weighted by Gasteiger charge is 2.58. The third-order valence-corrected chi connectivity index (χ3v) is 17.9. The van der Waals surface area contributed by atoms with Crippen LogP contribution in [0.4, 0.5) is 0 Å². The summed E-state index contributed by atoms with van der Waals surface area (Å²) in [5.41, 5.74) is 6.88. The number of ether oxygens (including phenoxy) is 2. The zero-order chi connectivity index (χ0) is 48.2. The van der Waals surface area contributed by atoms with Crippen molar-refractivity contribution >= 4 is 37.2 Å². The van der Waals surface area contributed by atoms with Crippen LogP contribution in [0.15, 0.2) is 192 Å². The lowest BCUT2D eigenvalue weighted by Gasteiger charge is -2.31. The van der Waals surface area contributed by atoms with Crippen LogP contribution in [0, 0.1) is 0 Å². The van der Waals surface area contributed by atoms with Gasteiger partial charge in [-0.2, -0.15) is 9.13 Å². The molecule has 2 spiro atoms. The summed E-state index contributed by atoms with van der Waals surface area (Å²) in [5.74, 6) is -1.58. The minimum absolute atomic E-state index is 0.0189. The Labute approximate surface area is 401 Å². The first-order valence-electron chi connectivity index (χ1n) is 23.0. The first-order chi connectivity index (χ1) is 33.3. The molecule has 2 aliphatic heterocycles. The van der Waals surface area contributed by atoms with Crippen molar-refractivity contribution in [1.29, 1.82) is 0 Å². The number of allylic oxidation sites excluding steroid dienone is 3. The Morgan fingerprint density at radius 3 is 1.32 bits per heavy atom. The standard InChI is InChI=1S/C36H26N2O2.C19H24O8S2/c39-35(29-7-3-1-4-8-29)31-11-15-33(16-12-31)37-23-19-27(20-24-37)28-21-25-38(26-22-28)34-17-13-32(14-18-34)36(40)30-9-5-2-6-10-30;20-16-14(28(22,23)18(26-16)10-3-1-4-11-18)8-7-9-15-17(21)27-19(29(15,24)25)12-5-2-6-13-19/h1-26H;7-9,20H,1-6,10-13H2/q+2;/b;8-7+,15-9+. The van der Waals surface area contributed by atoms with E-state index in [-0.39, 0.29) is 24.4 Å². The maximum absolute atomic E-state index is 12.9. The number of aromatic nitrogens is 2. The van der Waals surface area contributed by atoms with Gasteiger partial charge >= 0.3 is 5.97 Å². The molecule has 2 aromatic heterocycles. The van der Waals surface area contributed by atoms with E-state index in [1.807, 2.05) is 143 Å². The molecule has 2 aliphatic carbocycles. The van der Waals surface area contributed by atoms with Gasteiger partial charge in [0.25, 0.3) is 5.95 Å². The summed E-state index contributed by atoms with van der Waals surface area (Å²) in [7, 11) is -7.92. The summed E-state index contributed by atoms with van der Waals surface area (Å²) in [4.78, 5) is 33.7. The molecule has 0 atom stereocenters. The number of ketones is 2. The van der Waals surface area contributed by atoms with Crippen LogP contribution in [0.2, 0.25) is 0 Å². The Bertz CT molecular complexity index is 3070. The summed E-state index contributed by atoms with van der Waals surface area (Å²) in [6.07, 6.45) is 16.9. The second kappa shape index (κ2) is 19.4. The number of benzene rings is 4. The van der Waals surface area contributed by atoms with E-state index in [4.69, 9.17) is 9.47 Å². The first-order valence-corrected chi connectivity index (χ1v) is 25.9. The minimum Gasteiger partial charge on any atom is -0.480 e. The van der Waals surface area contributed by atoms with Crippen molar-refractivity contribution in [3.05, 3.63) is 214 Å². The lowest BCUT2D eigenvalue weighted by molar-refractivity contribution is -0.596. The van der Waals surface area contributed by atoms with E-state index in [0.29, 0.717) is 60.8 Å². The van der Waals surface area contributed by atoms with Gasteiger partial charge in [0.05, 0.1) is 0 Å². The molecule has 2 saturated carbocycles. The molecule has 0 radical (unpaired) electrons. The quantitative estimate of drug-likeness (QED) is 0.0639. The molecule has 0 bridgehead atoms. The number of nitrogens with zero attached hydrogens (tertiary/aromatic N) is 2. The topological polar surface area (TPSA) is 166 Å². The number of carbonyl (C=O) groups is 3. The summed E-state index contributed by atoms with van der Waals surface area (Å²) < 4.78 is 66.3. The first kappa shape index (κ1) is 46.8. The van der Waals surface area contributed by atoms with Crippen molar-refractivity contribution in [1.82, 2.24) is 0 Å². The lowest BCUT2D eigenvalue weighted by atomic mass is 9.97. The fraction of sp³-hybridized carbons (Fsp3) is 0.218. The van der Waals surface area contributed by atoms with E-state index < -0.39 is 51.3 Å². The third kappa shape index (κ3) is 9.21. The number of aliphatic hydroxyl groups excluding tert-OH is 1. The van der Waals surface area contributed by atoms with E-state index in [1.54, 1.807) is 0 Å². The van der Waals surface area contributed by atoms with Gasteiger partial charge in [-0.05, 0) is 73.2 Å². The van der Waals surface area contributed by atoms with Crippen LogP contribution < -0.4 is 9.13 Å². The third-order valence-electron chi connectivity index (χ3n) is 13.2. The number of hydrogen-bond donors (Lipinski definition) is 1. The molecular weight excluding hydrogens is 913 g/mol. The molecule has 0 amide bonds. The Morgan fingerprint density at radius 1 is 0.507 bits per heavy atom. The lowest BCUT2D eigenvalue weighted by Crippen LogP contribution is -2.39. The van der Waals surface area contributed by atoms with Crippen LogP contribution in [0.1, 0.15) is 96.1 Å². The molecule has 6 aromatic rings. The zero-order valence-electron chi connectivity index (χ0n) is 37.6. The van der Waals surface area contributed by atoms with Crippen molar-refractivity contribution in [2.45, 2.75) is 74.1 Å². The number of pyridine rings is 2. The van der Waals surface area contributed by atoms with E-state index >= 15 is 0 Å². The molecule has 1 N–H and O–H groups in total. The monoisotopic (exact) mass is 962 g/mol. The highest BCUT2D eigenvalue weighted by Crippen LogP contribution is 2.47. The zero-order valence-corrected chi connectivity index (χ0v) is 39.3. The van der Waals surface area contributed by atoms with Crippen LogP contribution in [0.5, 0.6) is 0 Å². The number of aliphatic hydroxyl groups is 1. The van der Waals surface area contributed by atoms with Crippen LogP contribution in [-0.4, -0.2) is 49.3 Å². The van der Waals surface area contributed by atoms with E-state index in [2.05, 4.69) is 24.3 Å². The van der Waals surface area contributed by atoms with Crippen LogP contribution >= 0.6 is 0 Å². The van der Waals surface area contributed by atoms with Crippen LogP contribution in [0.3, 0.4) is 0 Å². The van der Waals surface area contributed by atoms with Crippen LogP contribution in [0.25, 0.3) is 22.5 Å². The van der Waals surface area contributed by atoms with Gasteiger partial charge < -0.3 is 14.6 Å². The molecule has 1 saturated heterocycles. The maximum Gasteiger partial charge on any atom is 0.351 e. The van der Waals surface area contributed by atoms with Crippen molar-refractivity contribution in [2.75, 3.05) is 0 Å². The summed E-state index contributed by atoms with van der Waals surface area (Å²) in [6.45, 7) is 0. The van der Waals surface area contributed by atoms with Gasteiger partial charge in [-0.15, -0.1) is 0 Å². The molecule has 10 rings (SSSR count). The highest BCUT2D eigenvalue weighted by atomic mass is 32.2. The molecule has 3 fully saturated rings. The minimum atomic E-state index is -3.99. The number of hydrogen-bond acceptors (Lipinski definition) is 10. The van der Waals surface area contributed by atoms with Gasteiger partial charge in [-0.3, -0.25) is 9.59 Å². The normalized spacial score (nSPS) is 19.2. The molecule has 12 nitrogen and oxygen atoms in total. The summed E-state index contributed by atoms with van der Waals surface area (Å²) in [6, 6.07) is 42.2. The highest BCUT2D eigenvalue weighted by molar-refractivity contribution is 7.98. The number of carbonyl (C=O) groups excluding carboxylic acids is 3. The average molecular weight is 963 g/mol. The fourth-order valence-corrected chi connectivity index (χ4v) is 13.2. The van der Waals surface area contributed by atoms with Crippen molar-refractivity contribution in [2.24, 2.45) is 0 Å². The van der Waals surface area contributed by atoms with Gasteiger partial charge in [-0.25, -0.2) is 21.6 Å². The van der Waals surface area contributed by atoms with Gasteiger partial charge in [0, 0.05) is 96.5 Å². The SMILES string of the molecule is O=C(c1ccccc1)c1ccc(-[n+]2ccc(-c3cc[n+](-c4ccc(C(=O)c5ccccc5)cc4)cc3)cc2)cc1.O=C1OC2(CCCCC2)S(=O)(=O)/C1=C/C=C/C1=C(O)OC2(CCCCC2)S1(=O)=O. The molecule has 14 heteroatoms. The van der Waals surface area contributed by atoms with Gasteiger partial charge in [0.1, 0.15) is 0 Å². The van der Waals surface area contributed by atoms with E-state index in [9.17, 15) is 36.3 Å². The largest absolute Gasteiger partial charge is 0.480 e. The van der Waals surface area contributed by atoms with Gasteiger partial charge in [0.15, 0.2) is 46.2 Å². The Morgan fingerprint density at radius 2 is 0.899 bits per heavy atom. The Balaban J connectivity index is 0.000000181. The fourth-order valence-electron chi connectivity index (χ4n) is 9.31. The molecule has 69 heavy (non-hydrogen) atoms. The molecule has 4 aromatic carbocycles. The second-order valence-electron chi connectivity index (χ2n) is 17.5. The molecule has 0 unspecified atom stereocenters. The molecule has 4 aliphatic rings. The number of esters is 1. The molecule has 350 valence electrons. The molecule has 4 heterocycles. The van der Waals surface area contributed by atoms with Crippen LogP contribution in [-0.2, 0) is 33.9 Å². The van der Waals surface area contributed by atoms with Gasteiger partial charge in [-0.1, -0.05) is 79.6 Å². The van der Waals surface area contributed by atoms with Crippen molar-refractivity contribution < 1.29 is 54.9 Å². The predicted molar refractivity (Wildman–Crippen MR) is 258 cm³/mol. The predicted octanol–water partition coefficient (Wildman–Crippen LogP) is 9.26.